The van der Waals surface area contributed by atoms with Crippen molar-refractivity contribution < 1.29 is 14.6 Å². The van der Waals surface area contributed by atoms with E-state index in [2.05, 4.69) is 10.4 Å². The Kier molecular flexibility index (Phi) is 5.34. The highest BCUT2D eigenvalue weighted by atomic mass is 16.5. The van der Waals surface area contributed by atoms with Gasteiger partial charge in [0, 0.05) is 32.8 Å². The molecule has 0 spiro atoms. The Morgan fingerprint density at radius 2 is 2.14 bits per heavy atom. The Bertz CT molecular complexity index is 595. The van der Waals surface area contributed by atoms with Crippen LogP contribution in [0.4, 0.5) is 0 Å². The van der Waals surface area contributed by atoms with Crippen molar-refractivity contribution in [2.45, 2.75) is 6.42 Å². The topological polar surface area (TPSA) is 76.4 Å². The summed E-state index contributed by atoms with van der Waals surface area (Å²) < 4.78 is 7.27. The second-order valence-electron chi connectivity index (χ2n) is 4.63. The van der Waals surface area contributed by atoms with Gasteiger partial charge in [-0.05, 0) is 18.2 Å². The number of aryl methyl sites for hydroxylation is 1. The van der Waals surface area contributed by atoms with E-state index in [1.165, 1.54) is 6.07 Å². The summed E-state index contributed by atoms with van der Waals surface area (Å²) in [5.74, 6) is -0.578. The number of aromatic carboxylic acids is 1. The highest BCUT2D eigenvalue weighted by Crippen LogP contribution is 2.17. The maximum absolute atomic E-state index is 11.0. The molecule has 0 saturated carbocycles. The summed E-state index contributed by atoms with van der Waals surface area (Å²) in [7, 11) is 1.89. The van der Waals surface area contributed by atoms with Gasteiger partial charge in [-0.1, -0.05) is 12.1 Å². The van der Waals surface area contributed by atoms with Crippen LogP contribution in [0.5, 0.6) is 5.75 Å². The van der Waals surface area contributed by atoms with Crippen LogP contribution in [0.2, 0.25) is 0 Å². The number of carboxylic acid groups (broad SMARTS) is 1. The number of nitrogens with one attached hydrogen (secondary N) is 1. The first-order valence-electron chi connectivity index (χ1n) is 6.81. The molecule has 2 N–H and O–H groups in total. The van der Waals surface area contributed by atoms with Crippen LogP contribution in [0, 0.1) is 0 Å². The van der Waals surface area contributed by atoms with Crippen LogP contribution in [0.1, 0.15) is 16.1 Å². The Morgan fingerprint density at radius 3 is 2.86 bits per heavy atom. The van der Waals surface area contributed by atoms with Crippen molar-refractivity contribution in [1.82, 2.24) is 15.1 Å². The third-order valence-electron chi connectivity index (χ3n) is 2.98. The van der Waals surface area contributed by atoms with E-state index in [1.54, 1.807) is 22.9 Å². The van der Waals surface area contributed by atoms with E-state index < -0.39 is 5.97 Å². The maximum Gasteiger partial charge on any atom is 0.339 e. The number of hydrogen-bond donors (Lipinski definition) is 2. The fourth-order valence-corrected chi connectivity index (χ4v) is 1.94. The molecular weight excluding hydrogens is 270 g/mol. The van der Waals surface area contributed by atoms with Gasteiger partial charge in [-0.25, -0.2) is 4.79 Å². The second kappa shape index (κ2) is 7.44. The molecule has 0 amide bonds. The molecule has 1 aromatic carbocycles. The van der Waals surface area contributed by atoms with Crippen LogP contribution in [0.3, 0.4) is 0 Å². The number of carbonyl (C=O) groups is 1. The molecule has 0 aliphatic heterocycles. The molecule has 2 rings (SSSR count). The summed E-state index contributed by atoms with van der Waals surface area (Å²) in [6, 6.07) is 8.63. The van der Waals surface area contributed by atoms with Gasteiger partial charge < -0.3 is 15.2 Å². The predicted molar refractivity (Wildman–Crippen MR) is 78.7 cm³/mol. The van der Waals surface area contributed by atoms with Gasteiger partial charge in [-0.2, -0.15) is 5.10 Å². The van der Waals surface area contributed by atoms with Crippen molar-refractivity contribution in [3.8, 4) is 5.75 Å². The largest absolute Gasteiger partial charge is 0.491 e. The average Bonchev–Trinajstić information content (AvgIpc) is 2.88. The third kappa shape index (κ3) is 4.61. The highest BCUT2D eigenvalue weighted by molar-refractivity contribution is 5.90. The van der Waals surface area contributed by atoms with Gasteiger partial charge in [0.15, 0.2) is 0 Å². The van der Waals surface area contributed by atoms with Crippen molar-refractivity contribution in [2.75, 3.05) is 19.7 Å². The number of carboxylic acids is 1. The molecule has 2 aromatic rings. The Morgan fingerprint density at radius 1 is 1.33 bits per heavy atom. The van der Waals surface area contributed by atoms with Gasteiger partial charge in [0.1, 0.15) is 17.9 Å². The molecule has 1 aromatic heterocycles. The summed E-state index contributed by atoms with van der Waals surface area (Å²) in [4.78, 5) is 11.0. The van der Waals surface area contributed by atoms with E-state index in [9.17, 15) is 4.79 Å². The first-order valence-corrected chi connectivity index (χ1v) is 6.81. The van der Waals surface area contributed by atoms with E-state index >= 15 is 0 Å². The lowest BCUT2D eigenvalue weighted by molar-refractivity contribution is 0.0692. The second-order valence-corrected chi connectivity index (χ2v) is 4.63. The van der Waals surface area contributed by atoms with Gasteiger partial charge in [0.05, 0.1) is 5.69 Å². The lowest BCUT2D eigenvalue weighted by Gasteiger charge is -2.09. The standard InChI is InChI=1S/C15H19N3O3/c1-18-10-7-12(17-18)6-8-16-9-11-21-14-5-3-2-4-13(14)15(19)20/h2-5,7,10,16H,6,8-9,11H2,1H3,(H,19,20). The van der Waals surface area contributed by atoms with E-state index in [0.29, 0.717) is 18.9 Å². The zero-order valence-corrected chi connectivity index (χ0v) is 12.0. The Labute approximate surface area is 123 Å². The third-order valence-corrected chi connectivity index (χ3v) is 2.98. The van der Waals surface area contributed by atoms with Gasteiger partial charge in [-0.3, -0.25) is 4.68 Å². The van der Waals surface area contributed by atoms with Crippen LogP contribution in [-0.4, -0.2) is 40.6 Å². The van der Waals surface area contributed by atoms with Gasteiger partial charge in [0.2, 0.25) is 0 Å². The lowest BCUT2D eigenvalue weighted by atomic mass is 10.2. The van der Waals surface area contributed by atoms with Crippen LogP contribution >= 0.6 is 0 Å². The van der Waals surface area contributed by atoms with Crippen molar-refractivity contribution >= 4 is 5.97 Å². The van der Waals surface area contributed by atoms with E-state index in [1.807, 2.05) is 19.3 Å². The van der Waals surface area contributed by atoms with Crippen molar-refractivity contribution in [1.29, 1.82) is 0 Å². The van der Waals surface area contributed by atoms with Gasteiger partial charge >= 0.3 is 5.97 Å². The van der Waals surface area contributed by atoms with E-state index in [4.69, 9.17) is 9.84 Å². The van der Waals surface area contributed by atoms with Crippen molar-refractivity contribution in [2.24, 2.45) is 7.05 Å². The molecule has 0 atom stereocenters. The SMILES string of the molecule is Cn1ccc(CCNCCOc2ccccc2C(=O)O)n1. The van der Waals surface area contributed by atoms with E-state index in [0.717, 1.165) is 18.7 Å². The van der Waals surface area contributed by atoms with Crippen molar-refractivity contribution in [3.63, 3.8) is 0 Å². The van der Waals surface area contributed by atoms with Crippen LogP contribution in [0.15, 0.2) is 36.5 Å². The normalized spacial score (nSPS) is 10.5. The minimum absolute atomic E-state index is 0.186. The minimum atomic E-state index is -0.978. The highest BCUT2D eigenvalue weighted by Gasteiger charge is 2.09. The number of hydrogen-bond acceptors (Lipinski definition) is 4. The minimum Gasteiger partial charge on any atom is -0.491 e. The quantitative estimate of drug-likeness (QED) is 0.717. The zero-order chi connectivity index (χ0) is 15.1. The molecule has 6 heteroatoms. The number of benzene rings is 1. The van der Waals surface area contributed by atoms with Gasteiger partial charge in [0.25, 0.3) is 0 Å². The molecule has 0 bridgehead atoms. The maximum atomic E-state index is 11.0. The summed E-state index contributed by atoms with van der Waals surface area (Å²) >= 11 is 0. The monoisotopic (exact) mass is 289 g/mol. The summed E-state index contributed by atoms with van der Waals surface area (Å²) in [5.41, 5.74) is 1.23. The Balaban J connectivity index is 1.67. The number of para-hydroxylation sites is 1. The van der Waals surface area contributed by atoms with Crippen LogP contribution in [0.25, 0.3) is 0 Å². The molecular formula is C15H19N3O3. The fraction of sp³-hybridized carbons (Fsp3) is 0.333. The molecule has 0 unspecified atom stereocenters. The Hall–Kier alpha value is -2.34. The summed E-state index contributed by atoms with van der Waals surface area (Å²) in [5, 5.41) is 16.6. The number of ether oxygens (including phenoxy) is 1. The molecule has 0 aliphatic carbocycles. The summed E-state index contributed by atoms with van der Waals surface area (Å²) in [6.45, 7) is 1.88. The van der Waals surface area contributed by atoms with Crippen molar-refractivity contribution in [3.05, 3.63) is 47.8 Å². The lowest BCUT2D eigenvalue weighted by Crippen LogP contribution is -2.23. The number of nitrogens with zero attached hydrogens (tertiary/aromatic N) is 2. The predicted octanol–water partition coefficient (Wildman–Crippen LogP) is 1.33. The molecule has 6 nitrogen and oxygen atoms in total. The summed E-state index contributed by atoms with van der Waals surface area (Å²) in [6.07, 6.45) is 2.77. The fourth-order valence-electron chi connectivity index (χ4n) is 1.94. The first kappa shape index (κ1) is 15.1. The zero-order valence-electron chi connectivity index (χ0n) is 12.0. The molecule has 112 valence electrons. The van der Waals surface area contributed by atoms with Gasteiger partial charge in [-0.15, -0.1) is 0 Å². The average molecular weight is 289 g/mol. The molecule has 1 heterocycles. The molecule has 0 saturated heterocycles. The number of aromatic nitrogens is 2. The molecule has 21 heavy (non-hydrogen) atoms. The van der Waals surface area contributed by atoms with Crippen LogP contribution in [-0.2, 0) is 13.5 Å². The smallest absolute Gasteiger partial charge is 0.339 e. The molecule has 0 radical (unpaired) electrons. The molecule has 0 aliphatic rings. The van der Waals surface area contributed by atoms with Crippen LogP contribution < -0.4 is 10.1 Å². The number of rotatable bonds is 8. The first-order chi connectivity index (χ1) is 10.2. The molecule has 0 fully saturated rings. The van der Waals surface area contributed by atoms with E-state index in [-0.39, 0.29) is 5.56 Å².